The Morgan fingerprint density at radius 3 is 2.91 bits per heavy atom. The molecule has 1 aromatic carbocycles. The summed E-state index contributed by atoms with van der Waals surface area (Å²) in [5.74, 6) is 1.17. The number of aromatic amines is 1. The van der Waals surface area contributed by atoms with Crippen molar-refractivity contribution in [2.75, 3.05) is 13.7 Å². The Balaban J connectivity index is 2.45. The molecule has 1 heterocycles. The topological polar surface area (TPSA) is 81.5 Å². The van der Waals surface area contributed by atoms with Crippen molar-refractivity contribution in [2.24, 2.45) is 5.10 Å². The van der Waals surface area contributed by atoms with Gasteiger partial charge >= 0.3 is 0 Å². The molecule has 1 aromatic heterocycles. The van der Waals surface area contributed by atoms with E-state index in [2.05, 4.69) is 31.2 Å². The summed E-state index contributed by atoms with van der Waals surface area (Å²) in [7, 11) is 1.55. The van der Waals surface area contributed by atoms with Crippen LogP contribution in [0.5, 0.6) is 11.5 Å². The minimum Gasteiger partial charge on any atom is -0.493 e. The first kappa shape index (κ1) is 17.4. The molecule has 0 atom stereocenters. The predicted octanol–water partition coefficient (Wildman–Crippen LogP) is 2.66. The van der Waals surface area contributed by atoms with Gasteiger partial charge in [-0.2, -0.15) is 14.9 Å². The Kier molecular flexibility index (Phi) is 5.67. The van der Waals surface area contributed by atoms with Gasteiger partial charge in [-0.05, 0) is 59.7 Å². The molecular weight excluding hydrogens is 384 g/mol. The number of methoxy groups -OCH3 is 1. The van der Waals surface area contributed by atoms with Crippen LogP contribution in [0.2, 0.25) is 0 Å². The number of benzene rings is 1. The first-order valence-electron chi connectivity index (χ1n) is 6.71. The van der Waals surface area contributed by atoms with E-state index in [0.717, 1.165) is 9.15 Å². The molecule has 1 N–H and O–H groups in total. The van der Waals surface area contributed by atoms with Gasteiger partial charge in [0.1, 0.15) is 5.69 Å². The predicted molar refractivity (Wildman–Crippen MR) is 93.3 cm³/mol. The summed E-state index contributed by atoms with van der Waals surface area (Å²) in [4.78, 5) is 12.0. The lowest BCUT2D eigenvalue weighted by atomic mass is 10.2. The number of aryl methyl sites for hydroxylation is 1. The highest BCUT2D eigenvalue weighted by Gasteiger charge is 2.10. The highest BCUT2D eigenvalue weighted by Crippen LogP contribution is 2.36. The summed E-state index contributed by atoms with van der Waals surface area (Å²) < 4.78 is 12.8. The maximum Gasteiger partial charge on any atom is 0.296 e. The fraction of sp³-hybridized carbons (Fsp3) is 0.286. The molecule has 0 saturated carbocycles. The standard InChI is InChI=1S/C14H15BrN4O3S/c1-4-22-12-10(15)5-9(6-11(12)21-3)7-16-19-13(20)8(2)17-18-14(19)23/h5-7H,4H2,1-3H3,(H,18,23)/b16-7-. The van der Waals surface area contributed by atoms with Crippen molar-refractivity contribution in [3.8, 4) is 11.5 Å². The van der Waals surface area contributed by atoms with Gasteiger partial charge in [0, 0.05) is 0 Å². The van der Waals surface area contributed by atoms with E-state index in [1.807, 2.05) is 13.0 Å². The van der Waals surface area contributed by atoms with E-state index in [-0.39, 0.29) is 16.0 Å². The van der Waals surface area contributed by atoms with E-state index in [4.69, 9.17) is 21.7 Å². The number of aromatic nitrogens is 3. The van der Waals surface area contributed by atoms with Gasteiger partial charge in [-0.1, -0.05) is 0 Å². The van der Waals surface area contributed by atoms with Crippen LogP contribution < -0.4 is 15.0 Å². The monoisotopic (exact) mass is 398 g/mol. The van der Waals surface area contributed by atoms with Gasteiger partial charge in [0.05, 0.1) is 24.4 Å². The number of ether oxygens (including phenoxy) is 2. The highest BCUT2D eigenvalue weighted by molar-refractivity contribution is 9.10. The van der Waals surface area contributed by atoms with Gasteiger partial charge in [-0.15, -0.1) is 0 Å². The Hall–Kier alpha value is -2.00. The molecule has 0 saturated heterocycles. The quantitative estimate of drug-likeness (QED) is 0.618. The maximum absolute atomic E-state index is 12.0. The zero-order valence-electron chi connectivity index (χ0n) is 12.8. The van der Waals surface area contributed by atoms with Crippen LogP contribution >= 0.6 is 28.1 Å². The average Bonchev–Trinajstić information content (AvgIpc) is 2.53. The molecule has 0 aliphatic carbocycles. The largest absolute Gasteiger partial charge is 0.493 e. The van der Waals surface area contributed by atoms with E-state index in [0.29, 0.717) is 23.7 Å². The molecule has 2 rings (SSSR count). The van der Waals surface area contributed by atoms with Crippen molar-refractivity contribution in [1.82, 2.24) is 14.9 Å². The summed E-state index contributed by atoms with van der Waals surface area (Å²) in [5, 5.41) is 10.5. The summed E-state index contributed by atoms with van der Waals surface area (Å²) in [6, 6.07) is 3.56. The summed E-state index contributed by atoms with van der Waals surface area (Å²) in [5.41, 5.74) is 0.621. The number of hydrogen-bond acceptors (Lipinski definition) is 6. The molecule has 0 aliphatic rings. The number of nitrogens with one attached hydrogen (secondary N) is 1. The molecule has 0 unspecified atom stereocenters. The molecule has 2 aromatic rings. The molecule has 0 radical (unpaired) electrons. The van der Waals surface area contributed by atoms with Crippen LogP contribution in [-0.4, -0.2) is 34.8 Å². The van der Waals surface area contributed by atoms with Crippen molar-refractivity contribution in [2.45, 2.75) is 13.8 Å². The number of H-pyrrole nitrogens is 1. The molecule has 7 nitrogen and oxygen atoms in total. The lowest BCUT2D eigenvalue weighted by Gasteiger charge is -2.12. The molecule has 0 fully saturated rings. The molecule has 0 spiro atoms. The first-order chi connectivity index (χ1) is 11.0. The van der Waals surface area contributed by atoms with Crippen molar-refractivity contribution in [3.63, 3.8) is 0 Å². The highest BCUT2D eigenvalue weighted by atomic mass is 79.9. The van der Waals surface area contributed by atoms with Gasteiger partial charge in [0.2, 0.25) is 4.77 Å². The second-order valence-electron chi connectivity index (χ2n) is 4.44. The maximum atomic E-state index is 12.0. The van der Waals surface area contributed by atoms with Crippen molar-refractivity contribution >= 4 is 34.4 Å². The second-order valence-corrected chi connectivity index (χ2v) is 5.68. The van der Waals surface area contributed by atoms with E-state index >= 15 is 0 Å². The number of nitrogens with zero attached hydrogens (tertiary/aromatic N) is 3. The van der Waals surface area contributed by atoms with Gasteiger partial charge in [-0.3, -0.25) is 9.89 Å². The van der Waals surface area contributed by atoms with Crippen LogP contribution in [0.1, 0.15) is 18.2 Å². The smallest absolute Gasteiger partial charge is 0.296 e. The summed E-state index contributed by atoms with van der Waals surface area (Å²) in [6.07, 6.45) is 1.51. The third kappa shape index (κ3) is 3.85. The number of halogens is 1. The summed E-state index contributed by atoms with van der Waals surface area (Å²) in [6.45, 7) is 3.99. The molecular formula is C14H15BrN4O3S. The normalized spacial score (nSPS) is 11.0. The fourth-order valence-corrected chi connectivity index (χ4v) is 2.55. The Morgan fingerprint density at radius 1 is 1.52 bits per heavy atom. The van der Waals surface area contributed by atoms with Gasteiger partial charge in [-0.25, -0.2) is 0 Å². The summed E-state index contributed by atoms with van der Waals surface area (Å²) >= 11 is 8.46. The van der Waals surface area contributed by atoms with E-state index in [9.17, 15) is 4.79 Å². The lowest BCUT2D eigenvalue weighted by Crippen LogP contribution is -2.22. The lowest BCUT2D eigenvalue weighted by molar-refractivity contribution is 0.309. The number of rotatable bonds is 5. The Morgan fingerprint density at radius 2 is 2.26 bits per heavy atom. The SMILES string of the molecule is CCOc1c(Br)cc(/C=N\n2c(=S)[nH]nc(C)c2=O)cc1OC. The van der Waals surface area contributed by atoms with Gasteiger partial charge < -0.3 is 9.47 Å². The van der Waals surface area contributed by atoms with Crippen LogP contribution in [0.15, 0.2) is 26.5 Å². The van der Waals surface area contributed by atoms with Crippen LogP contribution in [0.3, 0.4) is 0 Å². The molecule has 122 valence electrons. The fourth-order valence-electron chi connectivity index (χ4n) is 1.80. The van der Waals surface area contributed by atoms with Crippen molar-refractivity contribution in [1.29, 1.82) is 0 Å². The van der Waals surface area contributed by atoms with Gasteiger partial charge in [0.25, 0.3) is 5.56 Å². The first-order valence-corrected chi connectivity index (χ1v) is 7.91. The third-order valence-electron chi connectivity index (χ3n) is 2.88. The van der Waals surface area contributed by atoms with Crippen LogP contribution in [0.4, 0.5) is 0 Å². The number of hydrogen-bond donors (Lipinski definition) is 1. The molecule has 23 heavy (non-hydrogen) atoms. The van der Waals surface area contributed by atoms with Crippen molar-refractivity contribution in [3.05, 3.63) is 43.0 Å². The zero-order chi connectivity index (χ0) is 17.0. The van der Waals surface area contributed by atoms with Crippen LogP contribution in [0, 0.1) is 11.7 Å². The third-order valence-corrected chi connectivity index (χ3v) is 3.73. The van der Waals surface area contributed by atoms with Gasteiger partial charge in [0.15, 0.2) is 11.5 Å². The molecule has 0 bridgehead atoms. The second kappa shape index (κ2) is 7.51. The van der Waals surface area contributed by atoms with Crippen LogP contribution in [-0.2, 0) is 0 Å². The average molecular weight is 399 g/mol. The Labute approximate surface area is 146 Å². The van der Waals surface area contributed by atoms with E-state index in [1.165, 1.54) is 6.21 Å². The Bertz CT molecular complexity index is 860. The minimum absolute atomic E-state index is 0.119. The van der Waals surface area contributed by atoms with E-state index < -0.39 is 0 Å². The van der Waals surface area contributed by atoms with E-state index in [1.54, 1.807) is 20.1 Å². The molecule has 0 aliphatic heterocycles. The molecule has 9 heteroatoms. The van der Waals surface area contributed by atoms with Crippen LogP contribution in [0.25, 0.3) is 0 Å². The zero-order valence-corrected chi connectivity index (χ0v) is 15.2. The van der Waals surface area contributed by atoms with Crippen molar-refractivity contribution < 1.29 is 9.47 Å². The molecule has 0 amide bonds. The minimum atomic E-state index is -0.373.